The summed E-state index contributed by atoms with van der Waals surface area (Å²) in [5.74, 6) is -1.32. The molecule has 0 spiro atoms. The number of nitrogens with one attached hydrogen (secondary N) is 2. The van der Waals surface area contributed by atoms with Gasteiger partial charge in [0.1, 0.15) is 5.75 Å². The van der Waals surface area contributed by atoms with E-state index in [9.17, 15) is 19.6 Å². The number of methoxy groups -OCH3 is 1. The minimum Gasteiger partial charge on any atom is -0.494 e. The number of hydrogen-bond donors (Lipinski definition) is 2. The smallest absolute Gasteiger partial charge is 0.295 e. The summed E-state index contributed by atoms with van der Waals surface area (Å²) in [6.45, 7) is 3.89. The standard InChI is InChI=1S/C35H39IN8O8/c1-48-29-21-40-33(44-22-28(41-42-44)34(46)38-9-12-49-13-14-50-15-16-51-17-18-52-23-36)31-30(29)27(20-39-31)32(45)35(47)43-10-7-25(8-11-43)26(19-37)24-5-3-2-4-6-24/h2-6,20-22,39H,7-18,23H2,1H3,(H,38,46). The maximum atomic E-state index is 13.6. The SMILES string of the molecule is COc1cnc(-n2cc(C(=O)NCCOCCOCCOCCOCI)nn2)c2[nH]cc(C(=O)C(=O)N3CCC(=C(C#N)c4ccccc4)CC3)c12. The monoisotopic (exact) mass is 826 g/mol. The van der Waals surface area contributed by atoms with Crippen LogP contribution in [-0.2, 0) is 23.7 Å². The minimum atomic E-state index is -0.715. The van der Waals surface area contributed by atoms with E-state index in [2.05, 4.69) is 54.3 Å². The first kappa shape index (κ1) is 38.5. The van der Waals surface area contributed by atoms with Gasteiger partial charge in [0.05, 0.1) is 98.5 Å². The second-order valence-corrected chi connectivity index (χ2v) is 12.0. The summed E-state index contributed by atoms with van der Waals surface area (Å²) in [7, 11) is 1.44. The highest BCUT2D eigenvalue weighted by molar-refractivity contribution is 14.1. The minimum absolute atomic E-state index is 0.0429. The fourth-order valence-electron chi connectivity index (χ4n) is 5.57. The van der Waals surface area contributed by atoms with Crippen molar-refractivity contribution in [2.45, 2.75) is 12.8 Å². The molecule has 1 aromatic carbocycles. The van der Waals surface area contributed by atoms with E-state index in [0.717, 1.165) is 11.1 Å². The molecule has 3 aromatic heterocycles. The molecular formula is C35H39IN8O8. The Hall–Kier alpha value is -4.74. The highest BCUT2D eigenvalue weighted by atomic mass is 127. The molecule has 1 aliphatic rings. The highest BCUT2D eigenvalue weighted by Gasteiger charge is 2.30. The number of amides is 2. The molecule has 0 radical (unpaired) electrons. The van der Waals surface area contributed by atoms with Gasteiger partial charge in [-0.1, -0.05) is 58.1 Å². The number of allylic oxidation sites excluding steroid dienone is 1. The number of benzene rings is 1. The van der Waals surface area contributed by atoms with Crippen molar-refractivity contribution in [3.8, 4) is 17.6 Å². The van der Waals surface area contributed by atoms with Crippen molar-refractivity contribution in [3.63, 3.8) is 0 Å². The Labute approximate surface area is 313 Å². The molecule has 2 amide bonds. The first-order valence-corrected chi connectivity index (χ1v) is 18.1. The van der Waals surface area contributed by atoms with Crippen molar-refractivity contribution in [3.05, 3.63) is 71.3 Å². The number of Topliss-reactive ketones (excluding diaryl/α,β-unsaturated/α-hetero) is 1. The van der Waals surface area contributed by atoms with Gasteiger partial charge in [0.25, 0.3) is 17.6 Å². The largest absolute Gasteiger partial charge is 0.494 e. The summed E-state index contributed by atoms with van der Waals surface area (Å²) in [5, 5.41) is 20.9. The van der Waals surface area contributed by atoms with Crippen LogP contribution >= 0.6 is 22.6 Å². The van der Waals surface area contributed by atoms with Gasteiger partial charge in [-0.3, -0.25) is 14.4 Å². The van der Waals surface area contributed by atoms with Crippen LogP contribution in [0.25, 0.3) is 22.3 Å². The summed E-state index contributed by atoms with van der Waals surface area (Å²) in [4.78, 5) is 48.8. The average Bonchev–Trinajstić information content (AvgIpc) is 3.86. The first-order valence-electron chi connectivity index (χ1n) is 16.6. The summed E-state index contributed by atoms with van der Waals surface area (Å²) >= 11 is 2.13. The Morgan fingerprint density at radius 1 is 0.981 bits per heavy atom. The number of ether oxygens (including phenoxy) is 5. The van der Waals surface area contributed by atoms with Crippen molar-refractivity contribution in [2.75, 3.05) is 77.6 Å². The number of carbonyl (C=O) groups excluding carboxylic acids is 3. The number of alkyl halides is 1. The Morgan fingerprint density at radius 2 is 1.65 bits per heavy atom. The number of H-pyrrole nitrogens is 1. The van der Waals surface area contributed by atoms with Crippen molar-refractivity contribution in [2.24, 2.45) is 0 Å². The first-order chi connectivity index (χ1) is 25.5. The van der Waals surface area contributed by atoms with Crippen molar-refractivity contribution < 1.29 is 38.1 Å². The lowest BCUT2D eigenvalue weighted by molar-refractivity contribution is -0.126. The Bertz CT molecular complexity index is 1900. The molecular weight excluding hydrogens is 787 g/mol. The molecule has 0 bridgehead atoms. The number of pyridine rings is 1. The molecule has 0 unspecified atom stereocenters. The lowest BCUT2D eigenvalue weighted by Crippen LogP contribution is -2.40. The third kappa shape index (κ3) is 9.77. The molecule has 274 valence electrons. The normalized spacial score (nSPS) is 12.9. The highest BCUT2D eigenvalue weighted by Crippen LogP contribution is 2.32. The van der Waals surface area contributed by atoms with Gasteiger partial charge in [-0.15, -0.1) is 5.10 Å². The van der Waals surface area contributed by atoms with Crippen LogP contribution in [0.5, 0.6) is 5.75 Å². The zero-order valence-electron chi connectivity index (χ0n) is 28.6. The second kappa shape index (κ2) is 19.8. The van der Waals surface area contributed by atoms with Crippen LogP contribution in [0.15, 0.2) is 54.5 Å². The van der Waals surface area contributed by atoms with Gasteiger partial charge in [0.2, 0.25) is 0 Å². The van der Waals surface area contributed by atoms with E-state index in [4.69, 9.17) is 23.7 Å². The molecule has 17 heteroatoms. The zero-order valence-corrected chi connectivity index (χ0v) is 30.8. The predicted molar refractivity (Wildman–Crippen MR) is 196 cm³/mol. The number of aromatic amines is 1. The number of carbonyl (C=O) groups is 3. The van der Waals surface area contributed by atoms with Gasteiger partial charge >= 0.3 is 0 Å². The third-order valence-corrected chi connectivity index (χ3v) is 8.60. The van der Waals surface area contributed by atoms with Crippen LogP contribution < -0.4 is 10.1 Å². The van der Waals surface area contributed by atoms with Gasteiger partial charge in [0, 0.05) is 25.8 Å². The van der Waals surface area contributed by atoms with Gasteiger partial charge in [-0.25, -0.2) is 4.98 Å². The maximum Gasteiger partial charge on any atom is 0.295 e. The summed E-state index contributed by atoms with van der Waals surface area (Å²) in [5.41, 5.74) is 2.91. The average molecular weight is 827 g/mol. The molecule has 1 aliphatic heterocycles. The quantitative estimate of drug-likeness (QED) is 0.0351. The van der Waals surface area contributed by atoms with Gasteiger partial charge in [0.15, 0.2) is 11.5 Å². The Morgan fingerprint density at radius 3 is 2.31 bits per heavy atom. The molecule has 0 atom stereocenters. The second-order valence-electron chi connectivity index (χ2n) is 11.3. The molecule has 1 fully saturated rings. The summed E-state index contributed by atoms with van der Waals surface area (Å²) in [6, 6.07) is 11.7. The van der Waals surface area contributed by atoms with Crippen molar-refractivity contribution in [1.82, 2.24) is 35.2 Å². The van der Waals surface area contributed by atoms with E-state index in [1.807, 2.05) is 30.3 Å². The molecule has 0 aliphatic carbocycles. The molecule has 5 rings (SSSR count). The molecule has 0 saturated carbocycles. The van der Waals surface area contributed by atoms with Gasteiger partial charge < -0.3 is 38.9 Å². The lowest BCUT2D eigenvalue weighted by Gasteiger charge is -2.28. The van der Waals surface area contributed by atoms with Crippen LogP contribution in [0.1, 0.15) is 39.3 Å². The molecule has 4 heterocycles. The number of nitrogens with zero attached hydrogens (tertiary/aromatic N) is 6. The van der Waals surface area contributed by atoms with Crippen LogP contribution in [0.3, 0.4) is 0 Å². The number of piperidine rings is 1. The zero-order chi connectivity index (χ0) is 36.7. The number of halogens is 1. The summed E-state index contributed by atoms with van der Waals surface area (Å²) in [6.07, 6.45) is 5.23. The topological polar surface area (TPSA) is 196 Å². The fourth-order valence-corrected chi connectivity index (χ4v) is 5.88. The molecule has 4 aromatic rings. The fraction of sp³-hybridized carbons (Fsp3) is 0.400. The number of nitriles is 1. The number of likely N-dealkylation sites (tertiary alicyclic amines) is 1. The number of aromatic nitrogens is 5. The van der Waals surface area contributed by atoms with E-state index in [1.54, 1.807) is 0 Å². The van der Waals surface area contributed by atoms with E-state index >= 15 is 0 Å². The van der Waals surface area contributed by atoms with Crippen LogP contribution in [-0.4, -0.2) is 125 Å². The number of ketones is 1. The molecule has 1 saturated heterocycles. The lowest BCUT2D eigenvalue weighted by atomic mass is 9.93. The maximum absolute atomic E-state index is 13.6. The van der Waals surface area contributed by atoms with Gasteiger partial charge in [-0.2, -0.15) is 9.94 Å². The Balaban J connectivity index is 1.15. The molecule has 16 nitrogen and oxygen atoms in total. The predicted octanol–water partition coefficient (Wildman–Crippen LogP) is 3.12. The number of hydrogen-bond acceptors (Lipinski definition) is 12. The molecule has 52 heavy (non-hydrogen) atoms. The van der Waals surface area contributed by atoms with Crippen LogP contribution in [0, 0.1) is 11.3 Å². The van der Waals surface area contributed by atoms with E-state index in [1.165, 1.54) is 35.3 Å². The summed E-state index contributed by atoms with van der Waals surface area (Å²) < 4.78 is 28.9. The van der Waals surface area contributed by atoms with Crippen molar-refractivity contribution in [1.29, 1.82) is 5.26 Å². The third-order valence-electron chi connectivity index (χ3n) is 8.16. The van der Waals surface area contributed by atoms with E-state index in [0.29, 0.717) is 86.7 Å². The van der Waals surface area contributed by atoms with E-state index < -0.39 is 17.6 Å². The van der Waals surface area contributed by atoms with E-state index in [-0.39, 0.29) is 36.0 Å². The van der Waals surface area contributed by atoms with Gasteiger partial charge in [-0.05, 0) is 24.0 Å². The number of fused-ring (bicyclic) bond motifs is 1. The van der Waals surface area contributed by atoms with Crippen LogP contribution in [0.4, 0.5) is 0 Å². The van der Waals surface area contributed by atoms with Crippen LogP contribution in [0.2, 0.25) is 0 Å². The van der Waals surface area contributed by atoms with Crippen molar-refractivity contribution >= 4 is 56.7 Å². The molecule has 2 N–H and O–H groups in total. The Kier molecular flexibility index (Phi) is 14.6. The number of rotatable bonds is 19.